The van der Waals surface area contributed by atoms with Crippen LogP contribution in [0.1, 0.15) is 5.82 Å². The van der Waals surface area contributed by atoms with E-state index in [9.17, 15) is 12.8 Å². The number of aryl methyl sites for hydroxylation is 2. The molecule has 5 nitrogen and oxygen atoms in total. The van der Waals surface area contributed by atoms with Crippen LogP contribution in [0.3, 0.4) is 0 Å². The van der Waals surface area contributed by atoms with Gasteiger partial charge in [0.2, 0.25) is 0 Å². The molecular weight excluding hydrogens is 337 g/mol. The van der Waals surface area contributed by atoms with E-state index in [4.69, 9.17) is 0 Å². The lowest BCUT2D eigenvalue weighted by Crippen LogP contribution is -2.13. The third-order valence-electron chi connectivity index (χ3n) is 2.53. The Hall–Kier alpha value is -1.41. The summed E-state index contributed by atoms with van der Waals surface area (Å²) in [6.07, 6.45) is 1.41. The zero-order chi connectivity index (χ0) is 14.2. The van der Waals surface area contributed by atoms with E-state index in [1.807, 2.05) is 0 Å². The summed E-state index contributed by atoms with van der Waals surface area (Å²) in [5.74, 6) is 0.122. The minimum atomic E-state index is -3.77. The van der Waals surface area contributed by atoms with Crippen LogP contribution in [-0.4, -0.2) is 18.0 Å². The summed E-state index contributed by atoms with van der Waals surface area (Å²) in [5.41, 5.74) is 0.261. The number of nitrogens with one attached hydrogen (secondary N) is 1. The predicted molar refractivity (Wildman–Crippen MR) is 72.9 cm³/mol. The zero-order valence-corrected chi connectivity index (χ0v) is 12.6. The van der Waals surface area contributed by atoms with Crippen LogP contribution in [0.2, 0.25) is 0 Å². The largest absolute Gasteiger partial charge is 0.337 e. The molecule has 0 atom stereocenters. The van der Waals surface area contributed by atoms with Gasteiger partial charge in [0.05, 0.1) is 10.2 Å². The van der Waals surface area contributed by atoms with Gasteiger partial charge in [-0.05, 0) is 41.1 Å². The second kappa shape index (κ2) is 4.93. The molecule has 19 heavy (non-hydrogen) atoms. The van der Waals surface area contributed by atoms with E-state index in [2.05, 4.69) is 25.6 Å². The average Bonchev–Trinajstić information content (AvgIpc) is 2.65. The first-order chi connectivity index (χ1) is 8.79. The van der Waals surface area contributed by atoms with E-state index >= 15 is 0 Å². The van der Waals surface area contributed by atoms with Crippen molar-refractivity contribution in [1.29, 1.82) is 0 Å². The van der Waals surface area contributed by atoms with Crippen molar-refractivity contribution < 1.29 is 12.8 Å². The third kappa shape index (κ3) is 2.95. The van der Waals surface area contributed by atoms with Gasteiger partial charge in [0.1, 0.15) is 11.6 Å². The van der Waals surface area contributed by atoms with E-state index in [0.29, 0.717) is 5.82 Å². The molecule has 2 rings (SSSR count). The highest BCUT2D eigenvalue weighted by molar-refractivity contribution is 9.10. The van der Waals surface area contributed by atoms with E-state index < -0.39 is 15.8 Å². The molecule has 102 valence electrons. The van der Waals surface area contributed by atoms with Gasteiger partial charge in [-0.15, -0.1) is 0 Å². The molecule has 8 heteroatoms. The number of aromatic nitrogens is 2. The topological polar surface area (TPSA) is 64.0 Å². The van der Waals surface area contributed by atoms with Gasteiger partial charge in [-0.3, -0.25) is 4.72 Å². The number of benzene rings is 1. The normalized spacial score (nSPS) is 11.6. The van der Waals surface area contributed by atoms with E-state index in [1.165, 1.54) is 24.4 Å². The number of sulfonamides is 1. The second-order valence-corrected chi connectivity index (χ2v) is 6.46. The molecular formula is C11H11BrFN3O2S. The maximum Gasteiger partial charge on any atom is 0.280 e. The lowest BCUT2D eigenvalue weighted by molar-refractivity contribution is 0.597. The Labute approximate surface area is 118 Å². The molecule has 1 N–H and O–H groups in total. The fourth-order valence-electron chi connectivity index (χ4n) is 1.42. The summed E-state index contributed by atoms with van der Waals surface area (Å²) >= 11 is 3.00. The van der Waals surface area contributed by atoms with Gasteiger partial charge < -0.3 is 4.57 Å². The second-order valence-electron chi connectivity index (χ2n) is 3.97. The van der Waals surface area contributed by atoms with Crippen LogP contribution in [-0.2, 0) is 17.1 Å². The average molecular weight is 348 g/mol. The Morgan fingerprint density at radius 2 is 2.11 bits per heavy atom. The van der Waals surface area contributed by atoms with Crippen molar-refractivity contribution in [3.8, 4) is 0 Å². The summed E-state index contributed by atoms with van der Waals surface area (Å²) in [7, 11) is -2.07. The fourth-order valence-corrected chi connectivity index (χ4v) is 2.89. The fraction of sp³-hybridized carbons (Fsp3) is 0.182. The highest BCUT2D eigenvalue weighted by atomic mass is 79.9. The van der Waals surface area contributed by atoms with Crippen molar-refractivity contribution in [3.63, 3.8) is 0 Å². The summed E-state index contributed by atoms with van der Waals surface area (Å²) < 4.78 is 41.3. The number of rotatable bonds is 3. The number of anilines is 1. The molecule has 0 saturated carbocycles. The lowest BCUT2D eigenvalue weighted by Gasteiger charge is -2.06. The number of hydrogen-bond acceptors (Lipinski definition) is 3. The maximum absolute atomic E-state index is 13.1. The quantitative estimate of drug-likeness (QED) is 0.927. The van der Waals surface area contributed by atoms with Crippen LogP contribution < -0.4 is 4.72 Å². The molecule has 1 aromatic carbocycles. The zero-order valence-electron chi connectivity index (χ0n) is 10.2. The molecule has 0 radical (unpaired) electrons. The third-order valence-corrected chi connectivity index (χ3v) is 4.39. The van der Waals surface area contributed by atoms with Gasteiger partial charge in [0.25, 0.3) is 10.0 Å². The molecule has 1 heterocycles. The minimum absolute atomic E-state index is 0.0760. The number of halogens is 2. The van der Waals surface area contributed by atoms with Crippen LogP contribution in [0.4, 0.5) is 10.1 Å². The van der Waals surface area contributed by atoms with Crippen molar-refractivity contribution >= 4 is 31.6 Å². The maximum atomic E-state index is 13.1. The summed E-state index contributed by atoms with van der Waals surface area (Å²) in [6, 6.07) is 3.86. The molecule has 2 aromatic rings. The molecule has 0 aliphatic rings. The number of nitrogens with zero attached hydrogens (tertiary/aromatic N) is 2. The van der Waals surface area contributed by atoms with Crippen LogP contribution in [0.5, 0.6) is 0 Å². The number of hydrogen-bond donors (Lipinski definition) is 1. The summed E-state index contributed by atoms with van der Waals surface area (Å²) in [4.78, 5) is 3.94. The van der Waals surface area contributed by atoms with Gasteiger partial charge >= 0.3 is 0 Å². The highest BCUT2D eigenvalue weighted by Gasteiger charge is 2.18. The Morgan fingerprint density at radius 3 is 2.63 bits per heavy atom. The Balaban J connectivity index is 2.33. The Morgan fingerprint density at radius 1 is 1.42 bits per heavy atom. The molecule has 0 amide bonds. The SMILES string of the molecule is Cc1nc(S(=O)(=O)Nc2ccc(F)c(Br)c2)cn1C. The van der Waals surface area contributed by atoms with Crippen molar-refractivity contribution in [2.24, 2.45) is 7.05 Å². The molecule has 0 aliphatic carbocycles. The molecule has 0 aliphatic heterocycles. The Bertz CT molecular complexity index is 708. The molecule has 0 fully saturated rings. The monoisotopic (exact) mass is 347 g/mol. The van der Waals surface area contributed by atoms with Crippen LogP contribution >= 0.6 is 15.9 Å². The van der Waals surface area contributed by atoms with Crippen molar-refractivity contribution in [2.75, 3.05) is 4.72 Å². The first kappa shape index (κ1) is 14.0. The molecule has 0 unspecified atom stereocenters. The lowest BCUT2D eigenvalue weighted by atomic mass is 10.3. The molecule has 0 saturated heterocycles. The van der Waals surface area contributed by atoms with E-state index in [0.717, 1.165) is 0 Å². The minimum Gasteiger partial charge on any atom is -0.337 e. The van der Waals surface area contributed by atoms with Gasteiger partial charge in [-0.25, -0.2) is 9.37 Å². The van der Waals surface area contributed by atoms with Crippen molar-refractivity contribution in [2.45, 2.75) is 11.9 Å². The van der Waals surface area contributed by atoms with Gasteiger partial charge in [-0.1, -0.05) is 0 Å². The van der Waals surface area contributed by atoms with Crippen LogP contribution in [0.25, 0.3) is 0 Å². The van der Waals surface area contributed by atoms with E-state index in [1.54, 1.807) is 18.5 Å². The highest BCUT2D eigenvalue weighted by Crippen LogP contribution is 2.22. The Kier molecular flexibility index (Phi) is 3.64. The summed E-state index contributed by atoms with van der Waals surface area (Å²) in [6.45, 7) is 1.70. The van der Waals surface area contributed by atoms with Gasteiger partial charge in [-0.2, -0.15) is 8.42 Å². The smallest absolute Gasteiger partial charge is 0.280 e. The number of imidazole rings is 1. The first-order valence-corrected chi connectivity index (χ1v) is 7.55. The van der Waals surface area contributed by atoms with Crippen molar-refractivity contribution in [3.05, 3.63) is 40.5 Å². The van der Waals surface area contributed by atoms with Gasteiger partial charge in [0, 0.05) is 13.2 Å². The molecule has 1 aromatic heterocycles. The molecule has 0 spiro atoms. The van der Waals surface area contributed by atoms with Crippen molar-refractivity contribution in [1.82, 2.24) is 9.55 Å². The van der Waals surface area contributed by atoms with Gasteiger partial charge in [0.15, 0.2) is 5.03 Å². The van der Waals surface area contributed by atoms with Crippen LogP contribution in [0, 0.1) is 12.7 Å². The molecule has 0 bridgehead atoms. The summed E-state index contributed by atoms with van der Waals surface area (Å²) in [5, 5.41) is -0.0760. The van der Waals surface area contributed by atoms with E-state index in [-0.39, 0.29) is 15.2 Å². The predicted octanol–water partition coefficient (Wildman–Crippen LogP) is 2.43. The first-order valence-electron chi connectivity index (χ1n) is 5.27. The standard InChI is InChI=1S/C11H11BrFN3O2S/c1-7-14-11(6-16(7)2)19(17,18)15-8-3-4-10(13)9(12)5-8/h3-6,15H,1-2H3. The van der Waals surface area contributed by atoms with Crippen LogP contribution in [0.15, 0.2) is 33.9 Å².